The van der Waals surface area contributed by atoms with Crippen LogP contribution in [0, 0.1) is 11.8 Å². The summed E-state index contributed by atoms with van der Waals surface area (Å²) in [6.07, 6.45) is 3.72. The summed E-state index contributed by atoms with van der Waals surface area (Å²) in [5.41, 5.74) is 0. The first-order valence-corrected chi connectivity index (χ1v) is 4.43. The Bertz CT molecular complexity index is 291. The Morgan fingerprint density at radius 1 is 1.77 bits per heavy atom. The summed E-state index contributed by atoms with van der Waals surface area (Å²) >= 11 is 0. The van der Waals surface area contributed by atoms with Gasteiger partial charge in [-0.3, -0.25) is 10.1 Å². The second-order valence-electron chi connectivity index (χ2n) is 3.45. The molecular weight excluding hydrogens is 168 g/mol. The Morgan fingerprint density at radius 3 is 3.08 bits per heavy atom. The maximum atomic E-state index is 11.5. The van der Waals surface area contributed by atoms with E-state index in [1.165, 1.54) is 19.2 Å². The summed E-state index contributed by atoms with van der Waals surface area (Å²) in [7, 11) is 0. The average Bonchev–Trinajstić information content (AvgIpc) is 2.85. The van der Waals surface area contributed by atoms with Gasteiger partial charge in [-0.2, -0.15) is 10.1 Å². The summed E-state index contributed by atoms with van der Waals surface area (Å²) in [6.45, 7) is 1.95. The smallest absolute Gasteiger partial charge is 0.229 e. The van der Waals surface area contributed by atoms with Crippen LogP contribution >= 0.6 is 0 Å². The fraction of sp³-hybridized carbons (Fsp3) is 0.625. The molecule has 2 rings (SSSR count). The summed E-state index contributed by atoms with van der Waals surface area (Å²) in [4.78, 5) is 15.3. The summed E-state index contributed by atoms with van der Waals surface area (Å²) in [5.74, 6) is 1.12. The molecule has 1 saturated carbocycles. The van der Waals surface area contributed by atoms with E-state index in [2.05, 4.69) is 20.5 Å². The van der Waals surface area contributed by atoms with Crippen molar-refractivity contribution in [2.24, 2.45) is 11.8 Å². The highest BCUT2D eigenvalue weighted by atomic mass is 16.2. The van der Waals surface area contributed by atoms with Crippen molar-refractivity contribution in [2.45, 2.75) is 19.8 Å². The fourth-order valence-electron chi connectivity index (χ4n) is 1.31. The van der Waals surface area contributed by atoms with Crippen LogP contribution in [0.1, 0.15) is 19.8 Å². The number of carbonyl (C=O) groups excluding carboxylic acids is 1. The van der Waals surface area contributed by atoms with Crippen molar-refractivity contribution in [3.8, 4) is 0 Å². The van der Waals surface area contributed by atoms with E-state index in [9.17, 15) is 4.79 Å². The van der Waals surface area contributed by atoms with E-state index in [0.717, 1.165) is 0 Å². The maximum absolute atomic E-state index is 11.5. The van der Waals surface area contributed by atoms with Crippen LogP contribution in [0.2, 0.25) is 0 Å². The first-order chi connectivity index (χ1) is 6.27. The lowest BCUT2D eigenvalue weighted by atomic mass is 10.1. The van der Waals surface area contributed by atoms with Gasteiger partial charge in [0.2, 0.25) is 11.9 Å². The van der Waals surface area contributed by atoms with Crippen molar-refractivity contribution in [1.82, 2.24) is 15.2 Å². The number of amides is 1. The number of hydrogen-bond donors (Lipinski definition) is 2. The lowest BCUT2D eigenvalue weighted by Crippen LogP contribution is -2.22. The van der Waals surface area contributed by atoms with Gasteiger partial charge in [-0.1, -0.05) is 6.92 Å². The lowest BCUT2D eigenvalue weighted by molar-refractivity contribution is -0.120. The number of aromatic amines is 1. The highest BCUT2D eigenvalue weighted by Gasteiger charge is 2.32. The molecule has 1 atom stereocenters. The molecule has 0 spiro atoms. The molecule has 0 aliphatic heterocycles. The second kappa shape index (κ2) is 3.16. The largest absolute Gasteiger partial charge is 0.295 e. The second-order valence-corrected chi connectivity index (χ2v) is 3.45. The highest BCUT2D eigenvalue weighted by Crippen LogP contribution is 2.36. The van der Waals surface area contributed by atoms with Crippen molar-refractivity contribution < 1.29 is 4.79 Å². The van der Waals surface area contributed by atoms with E-state index in [1.807, 2.05) is 6.92 Å². The number of anilines is 1. The quantitative estimate of drug-likeness (QED) is 0.722. The molecule has 2 N–H and O–H groups in total. The molecule has 5 nitrogen and oxygen atoms in total. The van der Waals surface area contributed by atoms with Crippen molar-refractivity contribution in [3.05, 3.63) is 6.33 Å². The fourth-order valence-corrected chi connectivity index (χ4v) is 1.31. The molecule has 1 aromatic heterocycles. The predicted molar refractivity (Wildman–Crippen MR) is 46.9 cm³/mol. The molecule has 0 bridgehead atoms. The van der Waals surface area contributed by atoms with Gasteiger partial charge < -0.3 is 0 Å². The van der Waals surface area contributed by atoms with Crippen LogP contribution in [0.4, 0.5) is 5.95 Å². The van der Waals surface area contributed by atoms with Gasteiger partial charge in [-0.05, 0) is 18.8 Å². The SMILES string of the molecule is CC(C(=O)Nc1ncn[nH]1)C1CC1. The Morgan fingerprint density at radius 2 is 2.54 bits per heavy atom. The molecule has 1 aromatic rings. The van der Waals surface area contributed by atoms with Crippen molar-refractivity contribution >= 4 is 11.9 Å². The number of hydrogen-bond acceptors (Lipinski definition) is 3. The highest BCUT2D eigenvalue weighted by molar-refractivity contribution is 5.90. The van der Waals surface area contributed by atoms with Gasteiger partial charge in [0.25, 0.3) is 0 Å². The van der Waals surface area contributed by atoms with Crippen LogP contribution < -0.4 is 5.32 Å². The van der Waals surface area contributed by atoms with Gasteiger partial charge in [0.15, 0.2) is 0 Å². The average molecular weight is 180 g/mol. The molecule has 0 aromatic carbocycles. The minimum Gasteiger partial charge on any atom is -0.295 e. The minimum absolute atomic E-state index is 0.0271. The third-order valence-electron chi connectivity index (χ3n) is 2.40. The number of rotatable bonds is 3. The number of nitrogens with one attached hydrogen (secondary N) is 2. The normalized spacial score (nSPS) is 18.2. The van der Waals surface area contributed by atoms with E-state index in [-0.39, 0.29) is 11.8 Å². The summed E-state index contributed by atoms with van der Waals surface area (Å²) in [6, 6.07) is 0. The van der Waals surface area contributed by atoms with Crippen LogP contribution in [0.25, 0.3) is 0 Å². The first-order valence-electron chi connectivity index (χ1n) is 4.43. The monoisotopic (exact) mass is 180 g/mol. The van der Waals surface area contributed by atoms with Crippen molar-refractivity contribution in [1.29, 1.82) is 0 Å². The molecule has 13 heavy (non-hydrogen) atoms. The summed E-state index contributed by atoms with van der Waals surface area (Å²) in [5, 5.41) is 8.91. The Kier molecular flexibility index (Phi) is 2.00. The third kappa shape index (κ3) is 1.85. The van der Waals surface area contributed by atoms with Crippen LogP contribution in [0.5, 0.6) is 0 Å². The Hall–Kier alpha value is -1.39. The minimum atomic E-state index is 0.0271. The molecule has 70 valence electrons. The van der Waals surface area contributed by atoms with Crippen LogP contribution in [-0.4, -0.2) is 21.1 Å². The molecule has 0 saturated heterocycles. The number of H-pyrrole nitrogens is 1. The molecule has 1 heterocycles. The Balaban J connectivity index is 1.90. The van der Waals surface area contributed by atoms with Crippen LogP contribution in [-0.2, 0) is 4.79 Å². The first kappa shape index (κ1) is 8.22. The van der Waals surface area contributed by atoms with E-state index < -0.39 is 0 Å². The molecule has 1 unspecified atom stereocenters. The van der Waals surface area contributed by atoms with Crippen molar-refractivity contribution in [2.75, 3.05) is 5.32 Å². The molecule has 5 heteroatoms. The van der Waals surface area contributed by atoms with Crippen molar-refractivity contribution in [3.63, 3.8) is 0 Å². The van der Waals surface area contributed by atoms with E-state index in [0.29, 0.717) is 11.9 Å². The zero-order chi connectivity index (χ0) is 9.26. The zero-order valence-electron chi connectivity index (χ0n) is 7.45. The van der Waals surface area contributed by atoms with Gasteiger partial charge in [0.1, 0.15) is 6.33 Å². The zero-order valence-corrected chi connectivity index (χ0v) is 7.45. The van der Waals surface area contributed by atoms with E-state index >= 15 is 0 Å². The molecule has 0 radical (unpaired) electrons. The predicted octanol–water partition coefficient (Wildman–Crippen LogP) is 0.789. The van der Waals surface area contributed by atoms with Gasteiger partial charge in [0.05, 0.1) is 0 Å². The van der Waals surface area contributed by atoms with E-state index in [4.69, 9.17) is 0 Å². The van der Waals surface area contributed by atoms with Gasteiger partial charge in [0, 0.05) is 5.92 Å². The molecule has 1 aliphatic rings. The number of aromatic nitrogens is 3. The Labute approximate surface area is 75.9 Å². The third-order valence-corrected chi connectivity index (χ3v) is 2.40. The molecule has 1 amide bonds. The molecule has 1 fully saturated rings. The van der Waals surface area contributed by atoms with Crippen LogP contribution in [0.3, 0.4) is 0 Å². The van der Waals surface area contributed by atoms with Gasteiger partial charge >= 0.3 is 0 Å². The number of nitrogens with zero attached hydrogens (tertiary/aromatic N) is 2. The standard InChI is InChI=1S/C8H12N4O/c1-5(6-2-3-6)7(13)11-8-9-4-10-12-8/h4-6H,2-3H2,1H3,(H2,9,10,11,12,13). The molecule has 1 aliphatic carbocycles. The maximum Gasteiger partial charge on any atom is 0.229 e. The van der Waals surface area contributed by atoms with Gasteiger partial charge in [-0.25, -0.2) is 5.10 Å². The lowest BCUT2D eigenvalue weighted by Gasteiger charge is -2.07. The van der Waals surface area contributed by atoms with E-state index in [1.54, 1.807) is 0 Å². The van der Waals surface area contributed by atoms with Gasteiger partial charge in [-0.15, -0.1) is 0 Å². The van der Waals surface area contributed by atoms with Crippen LogP contribution in [0.15, 0.2) is 6.33 Å². The molecular formula is C8H12N4O. The summed E-state index contributed by atoms with van der Waals surface area (Å²) < 4.78 is 0. The number of carbonyl (C=O) groups is 1. The topological polar surface area (TPSA) is 70.7 Å².